The highest BCUT2D eigenvalue weighted by atomic mass is 16.5. The first-order valence-electron chi connectivity index (χ1n) is 10.4. The Kier molecular flexibility index (Phi) is 5.56. The van der Waals surface area contributed by atoms with Gasteiger partial charge in [-0.15, -0.1) is 0 Å². The third-order valence-corrected chi connectivity index (χ3v) is 6.87. The Labute approximate surface area is 184 Å². The number of esters is 1. The fourth-order valence-electron chi connectivity index (χ4n) is 5.66. The van der Waals surface area contributed by atoms with Gasteiger partial charge in [0.1, 0.15) is 6.61 Å². The Morgan fingerprint density at radius 3 is 2.66 bits per heavy atom. The summed E-state index contributed by atoms with van der Waals surface area (Å²) >= 11 is 0. The minimum Gasteiger partial charge on any atom is -0.478 e. The number of hydrogen-bond donors (Lipinski definition) is 3. The molecule has 1 fully saturated rings. The van der Waals surface area contributed by atoms with Crippen molar-refractivity contribution in [1.82, 2.24) is 9.47 Å². The van der Waals surface area contributed by atoms with Crippen molar-refractivity contribution in [2.24, 2.45) is 13.0 Å². The standard InChI is InChI=1S/C23H26N2O7/c1-24-11-14-10-23(17(21(29)30)9-19(27)28)16(15-4-3-5-18(24)20(14)15)8-13(12-25(23)2)22(31)32-7-6-26/h3-5,9,11,13,16,26H,6-8,10,12H2,1-2H3,(H,27,28)(H,29,30)/b17-9-/t13-,16?,23?/m1/s1. The summed E-state index contributed by atoms with van der Waals surface area (Å²) in [7, 11) is 3.65. The zero-order valence-corrected chi connectivity index (χ0v) is 17.9. The predicted octanol–water partition coefficient (Wildman–Crippen LogP) is 1.14. The largest absolute Gasteiger partial charge is 0.478 e. The monoisotopic (exact) mass is 442 g/mol. The van der Waals surface area contributed by atoms with E-state index in [1.807, 2.05) is 36.0 Å². The number of fused-ring (bicyclic) bond motifs is 2. The van der Waals surface area contributed by atoms with E-state index in [9.17, 15) is 24.6 Å². The molecule has 2 unspecified atom stereocenters. The number of carboxylic acids is 2. The van der Waals surface area contributed by atoms with Crippen molar-refractivity contribution < 1.29 is 34.4 Å². The fraction of sp³-hybridized carbons (Fsp3) is 0.435. The summed E-state index contributed by atoms with van der Waals surface area (Å²) in [6.07, 6.45) is 3.37. The van der Waals surface area contributed by atoms with E-state index >= 15 is 0 Å². The first-order chi connectivity index (χ1) is 15.2. The number of ether oxygens (including phenoxy) is 1. The van der Waals surface area contributed by atoms with Gasteiger partial charge in [0.05, 0.1) is 23.6 Å². The van der Waals surface area contributed by atoms with Crippen molar-refractivity contribution in [3.8, 4) is 0 Å². The lowest BCUT2D eigenvalue weighted by Crippen LogP contribution is -2.62. The van der Waals surface area contributed by atoms with Crippen LogP contribution in [0, 0.1) is 5.92 Å². The first kappa shape index (κ1) is 22.0. The second-order valence-corrected chi connectivity index (χ2v) is 8.57. The number of likely N-dealkylation sites (tertiary alicyclic amines) is 1. The number of carbonyl (C=O) groups excluding carboxylic acids is 1. The molecule has 170 valence electrons. The molecule has 1 aliphatic carbocycles. The topological polar surface area (TPSA) is 129 Å². The summed E-state index contributed by atoms with van der Waals surface area (Å²) in [6, 6.07) is 5.81. The van der Waals surface area contributed by atoms with Gasteiger partial charge in [0.15, 0.2) is 0 Å². The molecule has 9 nitrogen and oxygen atoms in total. The van der Waals surface area contributed by atoms with Crippen LogP contribution in [0.4, 0.5) is 0 Å². The number of likely N-dealkylation sites (N-methyl/N-ethyl adjacent to an activating group) is 1. The molecule has 2 aliphatic rings. The van der Waals surface area contributed by atoms with E-state index in [1.54, 1.807) is 11.9 Å². The van der Waals surface area contributed by atoms with Gasteiger partial charge in [-0.3, -0.25) is 9.69 Å². The van der Waals surface area contributed by atoms with Crippen molar-refractivity contribution in [1.29, 1.82) is 0 Å². The van der Waals surface area contributed by atoms with Crippen LogP contribution in [0.3, 0.4) is 0 Å². The number of aryl methyl sites for hydroxylation is 1. The van der Waals surface area contributed by atoms with Crippen LogP contribution in [0.5, 0.6) is 0 Å². The molecule has 0 bridgehead atoms. The zero-order valence-electron chi connectivity index (χ0n) is 17.9. The van der Waals surface area contributed by atoms with E-state index in [-0.39, 0.29) is 25.3 Å². The number of aromatic nitrogens is 1. The highest BCUT2D eigenvalue weighted by Gasteiger charge is 2.56. The Morgan fingerprint density at radius 2 is 2.00 bits per heavy atom. The second kappa shape index (κ2) is 8.07. The molecule has 3 atom stereocenters. The SMILES string of the molecule is CN1C[C@H](C(=O)OCCO)CC2c3cccc4c3c(cn4C)CC21/C(=C\C(=O)O)C(=O)O. The van der Waals surface area contributed by atoms with Crippen molar-refractivity contribution in [2.75, 3.05) is 26.8 Å². The number of carboxylic acid groups (broad SMARTS) is 2. The van der Waals surface area contributed by atoms with E-state index in [2.05, 4.69) is 0 Å². The van der Waals surface area contributed by atoms with Crippen LogP contribution in [-0.4, -0.2) is 75.0 Å². The molecular formula is C23H26N2O7. The van der Waals surface area contributed by atoms with Crippen molar-refractivity contribution in [3.63, 3.8) is 0 Å². The molecule has 0 radical (unpaired) electrons. The fourth-order valence-corrected chi connectivity index (χ4v) is 5.66. The molecule has 1 saturated heterocycles. The van der Waals surface area contributed by atoms with E-state index in [1.165, 1.54) is 0 Å². The molecule has 1 aliphatic heterocycles. The Bertz CT molecular complexity index is 1130. The number of piperidine rings is 1. The summed E-state index contributed by atoms with van der Waals surface area (Å²) in [5.74, 6) is -4.05. The Balaban J connectivity index is 1.92. The first-order valence-corrected chi connectivity index (χ1v) is 10.4. The molecule has 2 aromatic rings. The molecule has 4 rings (SSSR count). The summed E-state index contributed by atoms with van der Waals surface area (Å²) < 4.78 is 7.15. The van der Waals surface area contributed by atoms with Crippen molar-refractivity contribution in [2.45, 2.75) is 24.3 Å². The molecule has 1 aromatic carbocycles. The van der Waals surface area contributed by atoms with Crippen LogP contribution in [0.25, 0.3) is 10.9 Å². The van der Waals surface area contributed by atoms with Gasteiger partial charge in [0.25, 0.3) is 0 Å². The van der Waals surface area contributed by atoms with Crippen LogP contribution in [-0.2, 0) is 32.6 Å². The third kappa shape index (κ3) is 3.28. The number of nitrogens with zero attached hydrogens (tertiary/aromatic N) is 2. The summed E-state index contributed by atoms with van der Waals surface area (Å²) in [5.41, 5.74) is 1.50. The number of rotatable bonds is 6. The van der Waals surface area contributed by atoms with Gasteiger partial charge in [-0.05, 0) is 37.1 Å². The average Bonchev–Trinajstić information content (AvgIpc) is 3.07. The molecule has 0 saturated carbocycles. The maximum absolute atomic E-state index is 12.7. The Morgan fingerprint density at radius 1 is 1.25 bits per heavy atom. The van der Waals surface area contributed by atoms with Crippen LogP contribution >= 0.6 is 0 Å². The maximum atomic E-state index is 12.7. The maximum Gasteiger partial charge on any atom is 0.333 e. The number of carbonyl (C=O) groups is 3. The van der Waals surface area contributed by atoms with Gasteiger partial charge < -0.3 is 24.6 Å². The van der Waals surface area contributed by atoms with Crippen LogP contribution in [0.2, 0.25) is 0 Å². The van der Waals surface area contributed by atoms with E-state index in [4.69, 9.17) is 9.84 Å². The second-order valence-electron chi connectivity index (χ2n) is 8.57. The normalized spacial score (nSPS) is 25.4. The molecule has 32 heavy (non-hydrogen) atoms. The third-order valence-electron chi connectivity index (χ3n) is 6.87. The molecule has 3 N–H and O–H groups in total. The predicted molar refractivity (Wildman–Crippen MR) is 114 cm³/mol. The number of benzene rings is 1. The minimum absolute atomic E-state index is 0.105. The lowest BCUT2D eigenvalue weighted by Gasteiger charge is -2.54. The molecule has 0 spiro atoms. The lowest BCUT2D eigenvalue weighted by atomic mass is 9.60. The van der Waals surface area contributed by atoms with Crippen molar-refractivity contribution in [3.05, 3.63) is 47.2 Å². The number of aliphatic hydroxyl groups is 1. The van der Waals surface area contributed by atoms with Gasteiger partial charge in [0, 0.05) is 42.7 Å². The highest BCUT2D eigenvalue weighted by Crippen LogP contribution is 2.54. The summed E-state index contributed by atoms with van der Waals surface area (Å²) in [4.78, 5) is 38.4. The van der Waals surface area contributed by atoms with Gasteiger partial charge in [0.2, 0.25) is 0 Å². The molecule has 0 amide bonds. The molecular weight excluding hydrogens is 416 g/mol. The minimum atomic E-state index is -1.33. The average molecular weight is 442 g/mol. The van der Waals surface area contributed by atoms with Gasteiger partial charge in [-0.2, -0.15) is 0 Å². The zero-order chi connectivity index (χ0) is 23.2. The number of aliphatic carboxylic acids is 2. The highest BCUT2D eigenvalue weighted by molar-refractivity contribution is 5.99. The molecule has 9 heteroatoms. The van der Waals surface area contributed by atoms with Gasteiger partial charge in [-0.25, -0.2) is 9.59 Å². The smallest absolute Gasteiger partial charge is 0.333 e. The van der Waals surface area contributed by atoms with Crippen LogP contribution < -0.4 is 0 Å². The molecule has 2 heterocycles. The number of aliphatic hydroxyl groups excluding tert-OH is 1. The summed E-state index contributed by atoms with van der Waals surface area (Å²) in [5, 5.41) is 29.6. The van der Waals surface area contributed by atoms with Crippen LogP contribution in [0.15, 0.2) is 36.0 Å². The lowest BCUT2D eigenvalue weighted by molar-refractivity contribution is -0.153. The van der Waals surface area contributed by atoms with E-state index < -0.39 is 35.3 Å². The van der Waals surface area contributed by atoms with Crippen LogP contribution in [0.1, 0.15) is 23.5 Å². The quantitative estimate of drug-likeness (QED) is 0.449. The van der Waals surface area contributed by atoms with Gasteiger partial charge in [-0.1, -0.05) is 12.1 Å². The van der Waals surface area contributed by atoms with Crippen molar-refractivity contribution >= 4 is 28.8 Å². The van der Waals surface area contributed by atoms with E-state index in [0.29, 0.717) is 12.8 Å². The van der Waals surface area contributed by atoms with Gasteiger partial charge >= 0.3 is 17.9 Å². The Hall–Kier alpha value is -3.17. The molecule has 1 aromatic heterocycles. The number of hydrogen-bond acceptors (Lipinski definition) is 6. The van der Waals surface area contributed by atoms with E-state index in [0.717, 1.165) is 28.1 Å². The summed E-state index contributed by atoms with van der Waals surface area (Å²) in [6.45, 7) is -0.172.